The van der Waals surface area contributed by atoms with Crippen LogP contribution in [0, 0.1) is 0 Å². The number of halogens is 2. The van der Waals surface area contributed by atoms with Gasteiger partial charge in [0.05, 0.1) is 0 Å². The number of aromatic nitrogens is 1. The van der Waals surface area contributed by atoms with E-state index in [1.165, 1.54) is 0 Å². The van der Waals surface area contributed by atoms with Crippen LogP contribution < -0.4 is 26.5 Å². The van der Waals surface area contributed by atoms with E-state index in [4.69, 9.17) is 5.11 Å². The molecule has 0 saturated heterocycles. The quantitative estimate of drug-likeness (QED) is 0.268. The summed E-state index contributed by atoms with van der Waals surface area (Å²) in [5.74, 6) is -3.16. The van der Waals surface area contributed by atoms with Gasteiger partial charge in [0.1, 0.15) is 0 Å². The van der Waals surface area contributed by atoms with Gasteiger partial charge in [-0.2, -0.15) is 0 Å². The summed E-state index contributed by atoms with van der Waals surface area (Å²) < 4.78 is 14.5. The molecule has 1 unspecified atom stereocenters. The second kappa shape index (κ2) is 10.7. The standard InChI is InChI=1S/C23H23FIN2O5/c1-2-25-16(23(32)26-17(12-22(30)31)20(28)13-24)11-21(29)27-18-9-5-3-7-14(18)15-8-4-6-10-19(15)27/h3-10,16-17H,2,11-13H2,1H3,(H,26,32)(H,30,31)/q-1/t16-,17?/m1/s1. The maximum atomic E-state index is 13.4. The summed E-state index contributed by atoms with van der Waals surface area (Å²) in [6.45, 7) is 0.534. The number of carboxylic acid groups (broad SMARTS) is 1. The van der Waals surface area contributed by atoms with Crippen LogP contribution in [0.15, 0.2) is 48.5 Å². The van der Waals surface area contributed by atoms with Crippen molar-refractivity contribution < 1.29 is 49.9 Å². The number of rotatable bonds is 10. The number of aliphatic carboxylic acids is 1. The van der Waals surface area contributed by atoms with Gasteiger partial charge >= 0.3 is 195 Å². The van der Waals surface area contributed by atoms with Gasteiger partial charge in [0, 0.05) is 0 Å². The van der Waals surface area contributed by atoms with E-state index in [2.05, 4.69) is 5.32 Å². The predicted octanol–water partition coefficient (Wildman–Crippen LogP) is -0.200. The van der Waals surface area contributed by atoms with Crippen LogP contribution in [0.2, 0.25) is 0 Å². The van der Waals surface area contributed by atoms with E-state index in [0.29, 0.717) is 4.43 Å². The van der Waals surface area contributed by atoms with Gasteiger partial charge in [-0.1, -0.05) is 0 Å². The zero-order valence-electron chi connectivity index (χ0n) is 17.4. The average Bonchev–Trinajstić information content (AvgIpc) is 3.12. The molecule has 0 bridgehead atoms. The van der Waals surface area contributed by atoms with Gasteiger partial charge in [0.15, 0.2) is 0 Å². The van der Waals surface area contributed by atoms with Gasteiger partial charge in [-0.3, -0.25) is 0 Å². The zero-order valence-corrected chi connectivity index (χ0v) is 19.5. The van der Waals surface area contributed by atoms with Crippen molar-refractivity contribution in [2.24, 2.45) is 0 Å². The Morgan fingerprint density at radius 3 is 2.06 bits per heavy atom. The first kappa shape index (κ1) is 23.8. The van der Waals surface area contributed by atoms with E-state index >= 15 is 0 Å². The van der Waals surface area contributed by atoms with Crippen LogP contribution in [-0.4, -0.2) is 54.3 Å². The number of para-hydroxylation sites is 2. The molecule has 0 aliphatic carbocycles. The first-order chi connectivity index (χ1) is 15.4. The molecule has 9 heteroatoms. The van der Waals surface area contributed by atoms with Crippen LogP contribution in [0.3, 0.4) is 0 Å². The number of carbonyl (C=O) groups excluding carboxylic acids is 3. The molecule has 0 spiro atoms. The van der Waals surface area contributed by atoms with Crippen LogP contribution in [0.25, 0.3) is 21.8 Å². The number of hydrogen-bond acceptors (Lipinski definition) is 4. The third-order valence-electron chi connectivity index (χ3n) is 5.02. The monoisotopic (exact) mass is 553 g/mol. The van der Waals surface area contributed by atoms with E-state index in [-0.39, 0.29) is 12.3 Å². The van der Waals surface area contributed by atoms with Crippen molar-refractivity contribution in [1.29, 1.82) is 0 Å². The normalized spacial score (nSPS) is 13.2. The number of hydrogen-bond donors (Lipinski definition) is 2. The summed E-state index contributed by atoms with van der Waals surface area (Å²) in [5, 5.41) is 13.2. The van der Waals surface area contributed by atoms with Gasteiger partial charge < -0.3 is 0 Å². The number of Topliss-reactive ketones (excluding diaryl/α,β-unsaturated/α-hetero) is 1. The fraction of sp³-hybridized carbons (Fsp3) is 0.304. The Morgan fingerprint density at radius 1 is 1.00 bits per heavy atom. The molecule has 1 heterocycles. The molecule has 2 N–H and O–H groups in total. The van der Waals surface area contributed by atoms with Crippen molar-refractivity contribution >= 4 is 45.4 Å². The SMILES string of the molecule is CC[I-][C@H](CC(=O)n1c2ccccc2c2ccccc21)C(=O)NC(CC(=O)O)C(=O)CF. The molecule has 0 saturated carbocycles. The number of fused-ring (bicyclic) bond motifs is 3. The third-order valence-corrected chi connectivity index (χ3v) is 7.97. The molecule has 0 radical (unpaired) electrons. The van der Waals surface area contributed by atoms with Crippen molar-refractivity contribution in [2.45, 2.75) is 29.7 Å². The fourth-order valence-corrected chi connectivity index (χ4v) is 5.95. The van der Waals surface area contributed by atoms with Crippen molar-refractivity contribution in [3.05, 3.63) is 48.5 Å². The fourth-order valence-electron chi connectivity index (χ4n) is 3.61. The second-order valence-electron chi connectivity index (χ2n) is 7.12. The summed E-state index contributed by atoms with van der Waals surface area (Å²) in [4.78, 5) is 49.0. The molecule has 2 aromatic carbocycles. The molecule has 7 nitrogen and oxygen atoms in total. The van der Waals surface area contributed by atoms with Crippen LogP contribution >= 0.6 is 0 Å². The Balaban J connectivity index is 1.89. The molecular formula is C23H23FIN2O5-. The van der Waals surface area contributed by atoms with Gasteiger partial charge in [-0.25, -0.2) is 0 Å². The van der Waals surface area contributed by atoms with Crippen LogP contribution in [0.4, 0.5) is 4.39 Å². The number of nitrogens with one attached hydrogen (secondary N) is 1. The average molecular weight is 553 g/mol. The van der Waals surface area contributed by atoms with Gasteiger partial charge in [0.25, 0.3) is 0 Å². The number of amides is 1. The summed E-state index contributed by atoms with van der Waals surface area (Å²) in [6.07, 6.45) is -0.786. The first-order valence-electron chi connectivity index (χ1n) is 10.1. The molecule has 1 amide bonds. The van der Waals surface area contributed by atoms with E-state index in [9.17, 15) is 23.6 Å². The molecule has 0 aliphatic rings. The van der Waals surface area contributed by atoms with Crippen LogP contribution in [0.5, 0.6) is 0 Å². The van der Waals surface area contributed by atoms with Crippen LogP contribution in [0.1, 0.15) is 24.6 Å². The number of carbonyl (C=O) groups is 4. The molecule has 0 fully saturated rings. The first-order valence-corrected chi connectivity index (χ1v) is 12.8. The van der Waals surface area contributed by atoms with Crippen molar-refractivity contribution in [3.8, 4) is 0 Å². The Morgan fingerprint density at radius 2 is 1.56 bits per heavy atom. The van der Waals surface area contributed by atoms with Gasteiger partial charge in [0.2, 0.25) is 0 Å². The molecule has 32 heavy (non-hydrogen) atoms. The molecule has 3 aromatic rings. The maximum absolute atomic E-state index is 13.4. The van der Waals surface area contributed by atoms with Gasteiger partial charge in [-0.15, -0.1) is 0 Å². The zero-order chi connectivity index (χ0) is 23.3. The Kier molecular flexibility index (Phi) is 7.94. The Hall–Kier alpha value is -2.82. The molecule has 1 aromatic heterocycles. The summed E-state index contributed by atoms with van der Waals surface area (Å²) in [7, 11) is 0. The summed E-state index contributed by atoms with van der Waals surface area (Å²) in [6, 6.07) is 13.6. The molecular weight excluding hydrogens is 530 g/mol. The second-order valence-corrected chi connectivity index (χ2v) is 11.0. The van der Waals surface area contributed by atoms with Crippen LogP contribution in [-0.2, 0) is 14.4 Å². The topological polar surface area (TPSA) is 105 Å². The molecule has 170 valence electrons. The third kappa shape index (κ3) is 5.14. The molecule has 0 aliphatic heterocycles. The number of carboxylic acids is 1. The Bertz CT molecular complexity index is 1120. The minimum absolute atomic E-state index is 0.0841. The number of ketones is 1. The molecule has 2 atom stereocenters. The number of benzene rings is 2. The predicted molar refractivity (Wildman–Crippen MR) is 114 cm³/mol. The van der Waals surface area contributed by atoms with E-state index in [1.54, 1.807) is 4.57 Å². The number of nitrogens with zero attached hydrogens (tertiary/aromatic N) is 1. The summed E-state index contributed by atoms with van der Waals surface area (Å²) >= 11 is -0.753. The van der Waals surface area contributed by atoms with E-state index < -0.39 is 61.9 Å². The van der Waals surface area contributed by atoms with Crippen molar-refractivity contribution in [3.63, 3.8) is 0 Å². The van der Waals surface area contributed by atoms with Gasteiger partial charge in [-0.05, 0) is 0 Å². The molecule has 3 rings (SSSR count). The van der Waals surface area contributed by atoms with E-state index in [1.807, 2.05) is 55.5 Å². The number of alkyl halides is 3. The van der Waals surface area contributed by atoms with Crippen molar-refractivity contribution in [1.82, 2.24) is 9.88 Å². The minimum atomic E-state index is -1.45. The Labute approximate surface area is 194 Å². The van der Waals surface area contributed by atoms with Crippen molar-refractivity contribution in [2.75, 3.05) is 11.1 Å². The van der Waals surface area contributed by atoms with E-state index in [0.717, 1.165) is 21.8 Å². The summed E-state index contributed by atoms with van der Waals surface area (Å²) in [5.41, 5.74) is 1.48.